The van der Waals surface area contributed by atoms with Gasteiger partial charge in [-0.2, -0.15) is 0 Å². The molecule has 9 heteroatoms. The monoisotopic (exact) mass is 507 g/mol. The van der Waals surface area contributed by atoms with E-state index in [2.05, 4.69) is 15.5 Å². The van der Waals surface area contributed by atoms with Crippen molar-refractivity contribution in [2.24, 2.45) is 11.8 Å². The second-order valence-electron chi connectivity index (χ2n) is 9.48. The van der Waals surface area contributed by atoms with Gasteiger partial charge >= 0.3 is 0 Å². The quantitative estimate of drug-likeness (QED) is 0.496. The summed E-state index contributed by atoms with van der Waals surface area (Å²) in [6.45, 7) is 1.62. The van der Waals surface area contributed by atoms with Crippen molar-refractivity contribution in [3.8, 4) is 0 Å². The van der Waals surface area contributed by atoms with Gasteiger partial charge in [-0.3, -0.25) is 9.69 Å². The Morgan fingerprint density at radius 3 is 2.88 bits per heavy atom. The number of ether oxygens (including phenoxy) is 1. The smallest absolute Gasteiger partial charge is 0.242 e. The number of hydrogen-bond acceptors (Lipinski definition) is 5. The summed E-state index contributed by atoms with van der Waals surface area (Å²) in [5.74, 6) is -0.710. The number of anilines is 1. The molecule has 5 rings (SSSR count). The molecule has 0 aromatic heterocycles. The fraction of sp³-hybridized carbons (Fsp3) is 0.480. The van der Waals surface area contributed by atoms with Crippen LogP contribution < -0.4 is 10.6 Å². The molecule has 2 heterocycles. The number of benzene rings is 2. The molecule has 3 aliphatic rings. The maximum absolute atomic E-state index is 15.3. The fourth-order valence-corrected chi connectivity index (χ4v) is 6.13. The molecule has 182 valence electrons. The number of nitrogens with zero attached hydrogens (tertiary/aromatic N) is 1. The molecule has 0 bridgehead atoms. The number of nitrogens with one attached hydrogen (secondary N) is 2. The summed E-state index contributed by atoms with van der Waals surface area (Å²) in [6, 6.07) is 11.3. The molecule has 7 atom stereocenters. The van der Waals surface area contributed by atoms with Crippen LogP contribution in [0.15, 0.2) is 42.5 Å². The van der Waals surface area contributed by atoms with E-state index < -0.39 is 24.1 Å². The predicted molar refractivity (Wildman–Crippen MR) is 130 cm³/mol. The number of methoxy groups -OCH3 is 1. The highest BCUT2D eigenvalue weighted by Gasteiger charge is 2.54. The Morgan fingerprint density at radius 2 is 2.12 bits per heavy atom. The van der Waals surface area contributed by atoms with Gasteiger partial charge in [0.15, 0.2) is 6.29 Å². The van der Waals surface area contributed by atoms with Gasteiger partial charge in [0.25, 0.3) is 0 Å². The Bertz CT molecular complexity index is 1070. The van der Waals surface area contributed by atoms with Crippen molar-refractivity contribution in [1.82, 2.24) is 10.2 Å². The maximum atomic E-state index is 15.3. The minimum atomic E-state index is -0.762. The molecule has 1 aliphatic carbocycles. The average molecular weight is 508 g/mol. The van der Waals surface area contributed by atoms with E-state index in [-0.39, 0.29) is 28.9 Å². The topological polar surface area (TPSA) is 73.8 Å². The van der Waals surface area contributed by atoms with Crippen LogP contribution in [0.5, 0.6) is 0 Å². The molecular weight excluding hydrogens is 480 g/mol. The van der Waals surface area contributed by atoms with E-state index in [1.165, 1.54) is 13.2 Å². The number of amides is 1. The lowest BCUT2D eigenvalue weighted by Gasteiger charge is -2.31. The predicted octanol–water partition coefficient (Wildman–Crippen LogP) is 3.87. The van der Waals surface area contributed by atoms with E-state index in [0.717, 1.165) is 25.9 Å². The molecule has 7 unspecified atom stereocenters. The number of carbonyl (C=O) groups excluding carboxylic acids is 1. The van der Waals surface area contributed by atoms with Gasteiger partial charge in [-0.15, -0.1) is 0 Å². The number of aliphatic hydroxyl groups excluding tert-OH is 1. The minimum Gasteiger partial charge on any atom is -0.368 e. The molecule has 3 fully saturated rings. The second-order valence-corrected chi connectivity index (χ2v) is 10.3. The first-order valence-electron chi connectivity index (χ1n) is 11.6. The van der Waals surface area contributed by atoms with Crippen LogP contribution in [0, 0.1) is 17.7 Å². The number of aliphatic hydroxyl groups is 1. The molecule has 34 heavy (non-hydrogen) atoms. The van der Waals surface area contributed by atoms with Crippen LogP contribution in [-0.2, 0) is 9.53 Å². The summed E-state index contributed by atoms with van der Waals surface area (Å²) in [6.07, 6.45) is 0.988. The Hall–Kier alpha value is -1.74. The molecule has 6 nitrogen and oxygen atoms in total. The molecule has 2 aliphatic heterocycles. The number of hydrogen-bond donors (Lipinski definition) is 3. The Morgan fingerprint density at radius 1 is 1.32 bits per heavy atom. The molecule has 2 aromatic carbocycles. The summed E-state index contributed by atoms with van der Waals surface area (Å²) in [4.78, 5) is 15.8. The molecule has 2 aromatic rings. The minimum absolute atomic E-state index is 0.0445. The van der Waals surface area contributed by atoms with Gasteiger partial charge in [-0.05, 0) is 48.6 Å². The van der Waals surface area contributed by atoms with E-state index >= 15 is 4.39 Å². The molecule has 0 radical (unpaired) electrons. The lowest BCUT2D eigenvalue weighted by molar-refractivity contribution is -0.118. The summed E-state index contributed by atoms with van der Waals surface area (Å²) >= 11 is 12.2. The van der Waals surface area contributed by atoms with E-state index in [9.17, 15) is 9.90 Å². The lowest BCUT2D eigenvalue weighted by atomic mass is 9.86. The van der Waals surface area contributed by atoms with Gasteiger partial charge in [-0.1, -0.05) is 41.4 Å². The van der Waals surface area contributed by atoms with Crippen molar-refractivity contribution in [3.05, 3.63) is 63.9 Å². The number of fused-ring (bicyclic) bond motifs is 1. The highest BCUT2D eigenvalue weighted by molar-refractivity contribution is 6.31. The second kappa shape index (κ2) is 9.72. The summed E-state index contributed by atoms with van der Waals surface area (Å²) in [5, 5.41) is 17.0. The van der Waals surface area contributed by atoms with Crippen LogP contribution in [-0.4, -0.2) is 60.5 Å². The Balaban J connectivity index is 1.42. The van der Waals surface area contributed by atoms with Crippen LogP contribution in [0.2, 0.25) is 10.0 Å². The van der Waals surface area contributed by atoms with E-state index in [0.29, 0.717) is 22.2 Å². The molecule has 1 saturated carbocycles. The van der Waals surface area contributed by atoms with Gasteiger partial charge in [0.2, 0.25) is 5.91 Å². The van der Waals surface area contributed by atoms with Crippen LogP contribution in [0.25, 0.3) is 0 Å². The highest BCUT2D eigenvalue weighted by Crippen LogP contribution is 2.46. The number of carbonyl (C=O) groups is 1. The van der Waals surface area contributed by atoms with Gasteiger partial charge in [0, 0.05) is 54.8 Å². The first kappa shape index (κ1) is 24.0. The van der Waals surface area contributed by atoms with Crippen LogP contribution in [0.3, 0.4) is 0 Å². The number of rotatable bonds is 7. The SMILES string of the molecule is COC(O)C1CC1CN1CCC2NC(C(=O)Nc3cccc(Cl)c3)C(c3cccc(Cl)c3F)C21. The molecule has 0 spiro atoms. The number of likely N-dealkylation sites (tertiary alicyclic amines) is 1. The van der Waals surface area contributed by atoms with Crippen molar-refractivity contribution in [3.63, 3.8) is 0 Å². The zero-order chi connectivity index (χ0) is 24.0. The normalized spacial score (nSPS) is 31.3. The first-order valence-corrected chi connectivity index (χ1v) is 12.3. The van der Waals surface area contributed by atoms with Crippen molar-refractivity contribution in [2.45, 2.75) is 43.2 Å². The number of halogens is 3. The first-order chi connectivity index (χ1) is 16.4. The van der Waals surface area contributed by atoms with E-state index in [4.69, 9.17) is 27.9 Å². The maximum Gasteiger partial charge on any atom is 0.242 e. The highest BCUT2D eigenvalue weighted by atomic mass is 35.5. The standard InChI is InChI=1S/C25H28Cl2FN3O3/c1-34-25(33)17-10-13(17)12-31-9-8-19-23(31)20(16-6-3-7-18(27)21(16)28)22(30-19)24(32)29-15-5-2-4-14(26)11-15/h2-7,11,13,17,19-20,22-23,25,30,33H,8-10,12H2,1H3,(H,29,32). The Labute approximate surface area is 208 Å². The molecule has 3 N–H and O–H groups in total. The molecule has 1 amide bonds. The fourth-order valence-electron chi connectivity index (χ4n) is 5.76. The molecular formula is C25H28Cl2FN3O3. The molecule has 2 saturated heterocycles. The average Bonchev–Trinajstić information content (AvgIpc) is 3.32. The largest absolute Gasteiger partial charge is 0.368 e. The lowest BCUT2D eigenvalue weighted by Crippen LogP contribution is -2.43. The van der Waals surface area contributed by atoms with Crippen molar-refractivity contribution in [2.75, 3.05) is 25.5 Å². The third-order valence-corrected chi connectivity index (χ3v) is 7.98. The summed E-state index contributed by atoms with van der Waals surface area (Å²) in [7, 11) is 1.51. The summed E-state index contributed by atoms with van der Waals surface area (Å²) < 4.78 is 20.4. The zero-order valence-corrected chi connectivity index (χ0v) is 20.3. The van der Waals surface area contributed by atoms with E-state index in [1.54, 1.807) is 36.4 Å². The zero-order valence-electron chi connectivity index (χ0n) is 18.8. The van der Waals surface area contributed by atoms with E-state index in [1.807, 2.05) is 0 Å². The van der Waals surface area contributed by atoms with Gasteiger partial charge < -0.3 is 20.5 Å². The van der Waals surface area contributed by atoms with Crippen molar-refractivity contribution < 1.29 is 19.0 Å². The van der Waals surface area contributed by atoms with Crippen molar-refractivity contribution in [1.29, 1.82) is 0 Å². The summed E-state index contributed by atoms with van der Waals surface area (Å²) in [5.41, 5.74) is 1.03. The third-order valence-electron chi connectivity index (χ3n) is 7.45. The van der Waals surface area contributed by atoms with Gasteiger partial charge in [-0.25, -0.2) is 4.39 Å². The van der Waals surface area contributed by atoms with Crippen molar-refractivity contribution >= 4 is 34.8 Å². The third kappa shape index (κ3) is 4.57. The Kier molecular flexibility index (Phi) is 6.86. The van der Waals surface area contributed by atoms with Crippen LogP contribution in [0.4, 0.5) is 10.1 Å². The van der Waals surface area contributed by atoms with Crippen LogP contribution in [0.1, 0.15) is 24.3 Å². The van der Waals surface area contributed by atoms with Crippen LogP contribution >= 0.6 is 23.2 Å². The van der Waals surface area contributed by atoms with Gasteiger partial charge in [0.1, 0.15) is 5.82 Å². The van der Waals surface area contributed by atoms with Gasteiger partial charge in [0.05, 0.1) is 11.1 Å².